The number of halogens is 2. The largest absolute Gasteiger partial charge is 0.329 e. The number of carbonyl (C=O) groups is 2. The number of aromatic nitrogens is 2. The molecule has 2 aromatic rings. The number of anilines is 1. The van der Waals surface area contributed by atoms with Crippen LogP contribution >= 0.6 is 15.9 Å². The van der Waals surface area contributed by atoms with E-state index in [1.807, 2.05) is 0 Å². The van der Waals surface area contributed by atoms with E-state index in [0.29, 0.717) is 12.0 Å². The summed E-state index contributed by atoms with van der Waals surface area (Å²) in [5.41, 5.74) is 0.447. The van der Waals surface area contributed by atoms with Crippen LogP contribution < -0.4 is 5.32 Å². The van der Waals surface area contributed by atoms with Gasteiger partial charge in [0.2, 0.25) is 11.9 Å². The average molecular weight is 407 g/mol. The number of benzene rings is 1. The maximum Gasteiger partial charge on any atom is 0.254 e. The van der Waals surface area contributed by atoms with Crippen LogP contribution in [-0.2, 0) is 4.79 Å². The summed E-state index contributed by atoms with van der Waals surface area (Å²) in [5.74, 6) is -0.776. The highest BCUT2D eigenvalue weighted by Crippen LogP contribution is 2.34. The topological polar surface area (TPSA) is 75.2 Å². The van der Waals surface area contributed by atoms with Crippen LogP contribution in [0.15, 0.2) is 47.2 Å². The predicted octanol–water partition coefficient (Wildman–Crippen LogP) is 2.68. The van der Waals surface area contributed by atoms with Crippen LogP contribution in [0.4, 0.5) is 10.3 Å². The molecule has 6 nitrogen and oxygen atoms in total. The summed E-state index contributed by atoms with van der Waals surface area (Å²) in [6.07, 6.45) is 2.53. The number of nitrogens with zero attached hydrogens (tertiary/aromatic N) is 3. The zero-order valence-electron chi connectivity index (χ0n) is 13.2. The SMILES string of the molecule is O=C(CN(CC1CC1F)C(=O)c1ccc(Br)cc1)Nc1ncccn1. The lowest BCUT2D eigenvalue weighted by molar-refractivity contribution is -0.117. The van der Waals surface area contributed by atoms with Crippen LogP contribution in [0, 0.1) is 5.92 Å². The highest BCUT2D eigenvalue weighted by Gasteiger charge is 2.40. The fraction of sp³-hybridized carbons (Fsp3) is 0.294. The Morgan fingerprint density at radius 1 is 1.24 bits per heavy atom. The Morgan fingerprint density at radius 3 is 2.48 bits per heavy atom. The summed E-state index contributed by atoms with van der Waals surface area (Å²) in [6.45, 7) is 0.0233. The van der Waals surface area contributed by atoms with Crippen LogP contribution in [0.3, 0.4) is 0 Å². The maximum absolute atomic E-state index is 13.3. The molecule has 1 aliphatic rings. The van der Waals surface area contributed by atoms with Crippen LogP contribution in [-0.4, -0.2) is 45.9 Å². The zero-order valence-corrected chi connectivity index (χ0v) is 14.8. The minimum Gasteiger partial charge on any atom is -0.329 e. The van der Waals surface area contributed by atoms with Crippen LogP contribution in [0.2, 0.25) is 0 Å². The average Bonchev–Trinajstić information content (AvgIpc) is 3.30. The molecule has 0 spiro atoms. The van der Waals surface area contributed by atoms with Gasteiger partial charge in [-0.3, -0.25) is 14.9 Å². The summed E-state index contributed by atoms with van der Waals surface area (Å²) in [5, 5.41) is 2.54. The molecule has 1 heterocycles. The molecule has 25 heavy (non-hydrogen) atoms. The van der Waals surface area contributed by atoms with Gasteiger partial charge in [0.05, 0.1) is 0 Å². The summed E-state index contributed by atoms with van der Waals surface area (Å²) in [4.78, 5) is 34.1. The van der Waals surface area contributed by atoms with Gasteiger partial charge in [0.15, 0.2) is 0 Å². The Balaban J connectivity index is 1.69. The third-order valence-corrected chi connectivity index (χ3v) is 4.35. The Morgan fingerprint density at radius 2 is 1.88 bits per heavy atom. The smallest absolute Gasteiger partial charge is 0.254 e. The minimum atomic E-state index is -0.902. The second-order valence-corrected chi connectivity index (χ2v) is 6.74. The van der Waals surface area contributed by atoms with Crippen molar-refractivity contribution in [3.8, 4) is 0 Å². The summed E-state index contributed by atoms with van der Waals surface area (Å²) < 4.78 is 14.1. The van der Waals surface area contributed by atoms with Crippen molar-refractivity contribution in [3.63, 3.8) is 0 Å². The van der Waals surface area contributed by atoms with Gasteiger partial charge >= 0.3 is 0 Å². The van der Waals surface area contributed by atoms with Crippen molar-refractivity contribution in [2.24, 2.45) is 5.92 Å². The van der Waals surface area contributed by atoms with Crippen LogP contribution in [0.25, 0.3) is 0 Å². The van der Waals surface area contributed by atoms with E-state index in [0.717, 1.165) is 4.47 Å². The quantitative estimate of drug-likeness (QED) is 0.799. The Kier molecular flexibility index (Phi) is 5.37. The second-order valence-electron chi connectivity index (χ2n) is 5.82. The minimum absolute atomic E-state index is 0.165. The normalized spacial score (nSPS) is 18.5. The highest BCUT2D eigenvalue weighted by molar-refractivity contribution is 9.10. The van der Waals surface area contributed by atoms with Gasteiger partial charge in [-0.2, -0.15) is 0 Å². The summed E-state index contributed by atoms with van der Waals surface area (Å²) in [7, 11) is 0. The molecule has 130 valence electrons. The third-order valence-electron chi connectivity index (χ3n) is 3.82. The fourth-order valence-corrected chi connectivity index (χ4v) is 2.64. The first-order valence-electron chi connectivity index (χ1n) is 7.78. The molecular formula is C17H16BrFN4O2. The summed E-state index contributed by atoms with van der Waals surface area (Å²) >= 11 is 3.31. The predicted molar refractivity (Wildman–Crippen MR) is 93.7 cm³/mol. The first-order valence-corrected chi connectivity index (χ1v) is 8.58. The third kappa shape index (κ3) is 4.82. The molecule has 0 aliphatic heterocycles. The molecule has 1 aliphatic carbocycles. The molecule has 1 aromatic heterocycles. The van der Waals surface area contributed by atoms with Crippen molar-refractivity contribution in [1.29, 1.82) is 0 Å². The molecule has 3 rings (SSSR count). The molecule has 8 heteroatoms. The molecule has 0 radical (unpaired) electrons. The van der Waals surface area contributed by atoms with Crippen molar-refractivity contribution in [3.05, 3.63) is 52.8 Å². The number of rotatable bonds is 6. The van der Waals surface area contributed by atoms with Crippen molar-refractivity contribution in [2.45, 2.75) is 12.6 Å². The Labute approximate surface area is 152 Å². The van der Waals surface area contributed by atoms with Gasteiger partial charge in [-0.15, -0.1) is 0 Å². The number of carbonyl (C=O) groups excluding carboxylic acids is 2. The van der Waals surface area contributed by atoms with Gasteiger partial charge in [0.1, 0.15) is 12.7 Å². The monoisotopic (exact) mass is 406 g/mol. The van der Waals surface area contributed by atoms with E-state index in [9.17, 15) is 14.0 Å². The number of hydrogen-bond donors (Lipinski definition) is 1. The standard InChI is InChI=1S/C17H16BrFN4O2/c18-13-4-2-11(3-5-13)16(25)23(9-12-8-14(12)19)10-15(24)22-17-20-6-1-7-21-17/h1-7,12,14H,8-10H2,(H,20,21,22,24). The first kappa shape index (κ1) is 17.5. The van der Waals surface area contributed by atoms with Gasteiger partial charge in [0.25, 0.3) is 5.91 Å². The number of nitrogens with one attached hydrogen (secondary N) is 1. The van der Waals surface area contributed by atoms with Gasteiger partial charge in [-0.25, -0.2) is 14.4 Å². The lowest BCUT2D eigenvalue weighted by Gasteiger charge is -2.22. The zero-order chi connectivity index (χ0) is 17.8. The van der Waals surface area contributed by atoms with E-state index in [4.69, 9.17) is 0 Å². The Bertz CT molecular complexity index is 757. The molecule has 0 saturated heterocycles. The molecule has 0 bridgehead atoms. The second kappa shape index (κ2) is 7.69. The maximum atomic E-state index is 13.3. The van der Waals surface area contributed by atoms with Crippen molar-refractivity contribution in [2.75, 3.05) is 18.4 Å². The van der Waals surface area contributed by atoms with Gasteiger partial charge < -0.3 is 4.90 Å². The van der Waals surface area contributed by atoms with E-state index < -0.39 is 12.1 Å². The van der Waals surface area contributed by atoms with E-state index in [1.54, 1.807) is 30.3 Å². The van der Waals surface area contributed by atoms with E-state index in [-0.39, 0.29) is 30.9 Å². The molecule has 1 N–H and O–H groups in total. The van der Waals surface area contributed by atoms with E-state index in [1.165, 1.54) is 17.3 Å². The van der Waals surface area contributed by atoms with Crippen molar-refractivity contribution in [1.82, 2.24) is 14.9 Å². The van der Waals surface area contributed by atoms with Crippen molar-refractivity contribution < 1.29 is 14.0 Å². The lowest BCUT2D eigenvalue weighted by Crippen LogP contribution is -2.39. The molecule has 2 atom stereocenters. The lowest BCUT2D eigenvalue weighted by atomic mass is 10.2. The first-order chi connectivity index (χ1) is 12.0. The van der Waals surface area contributed by atoms with Crippen LogP contribution in [0.5, 0.6) is 0 Å². The van der Waals surface area contributed by atoms with Gasteiger partial charge in [-0.05, 0) is 36.8 Å². The summed E-state index contributed by atoms with van der Waals surface area (Å²) in [6, 6.07) is 8.46. The molecule has 1 saturated carbocycles. The molecule has 1 aromatic carbocycles. The fourth-order valence-electron chi connectivity index (χ4n) is 2.38. The Hall–Kier alpha value is -2.35. The number of amides is 2. The molecule has 1 fully saturated rings. The van der Waals surface area contributed by atoms with Gasteiger partial charge in [-0.1, -0.05) is 15.9 Å². The van der Waals surface area contributed by atoms with E-state index in [2.05, 4.69) is 31.2 Å². The molecule has 2 unspecified atom stereocenters. The molecule has 2 amide bonds. The molecular weight excluding hydrogens is 391 g/mol. The van der Waals surface area contributed by atoms with E-state index >= 15 is 0 Å². The van der Waals surface area contributed by atoms with Crippen LogP contribution in [0.1, 0.15) is 16.8 Å². The van der Waals surface area contributed by atoms with Gasteiger partial charge in [0, 0.05) is 34.9 Å². The number of hydrogen-bond acceptors (Lipinski definition) is 4. The highest BCUT2D eigenvalue weighted by atomic mass is 79.9. The number of alkyl halides is 1. The van der Waals surface area contributed by atoms with Crippen molar-refractivity contribution >= 4 is 33.7 Å².